The number of hydrogen-bond donors (Lipinski definition) is 4. The second-order valence-corrected chi connectivity index (χ2v) is 7.25. The zero-order valence-corrected chi connectivity index (χ0v) is 18.7. The molecule has 0 radical (unpaired) electrons. The molecule has 186 valence electrons. The van der Waals surface area contributed by atoms with Gasteiger partial charge >= 0.3 is 23.9 Å². The van der Waals surface area contributed by atoms with Gasteiger partial charge in [-0.15, -0.1) is 0 Å². The normalized spacial score (nSPS) is 11.8. The summed E-state index contributed by atoms with van der Waals surface area (Å²) in [5.74, 6) is -3.59. The molecular formula is C23H25N3O9. The Bertz CT molecular complexity index is 1010. The molecule has 0 aliphatic heterocycles. The molecule has 0 fully saturated rings. The van der Waals surface area contributed by atoms with Crippen LogP contribution in [0.2, 0.25) is 0 Å². The van der Waals surface area contributed by atoms with Crippen molar-refractivity contribution in [3.05, 3.63) is 59.7 Å². The summed E-state index contributed by atoms with van der Waals surface area (Å²) in [4.78, 5) is 49.3. The van der Waals surface area contributed by atoms with Gasteiger partial charge in [0.2, 0.25) is 0 Å². The molecule has 0 atom stereocenters. The van der Waals surface area contributed by atoms with Crippen LogP contribution in [0.3, 0.4) is 0 Å². The first kappa shape index (κ1) is 25.6. The summed E-state index contributed by atoms with van der Waals surface area (Å²) in [6, 6.07) is 15.9. The molecule has 35 heavy (non-hydrogen) atoms. The number of carbonyl (C=O) groups excluding carboxylic acids is 3. The summed E-state index contributed by atoms with van der Waals surface area (Å²) in [6.07, 6.45) is -0.816. The van der Waals surface area contributed by atoms with Crippen molar-refractivity contribution in [1.82, 2.24) is 16.3 Å². The van der Waals surface area contributed by atoms with Crippen LogP contribution in [0, 0.1) is 0 Å². The highest BCUT2D eigenvalue weighted by Gasteiger charge is 2.29. The lowest BCUT2D eigenvalue weighted by atomic mass is 9.98. The second-order valence-electron chi connectivity index (χ2n) is 7.25. The monoisotopic (exact) mass is 487 g/mol. The van der Waals surface area contributed by atoms with Crippen molar-refractivity contribution in [2.24, 2.45) is 0 Å². The summed E-state index contributed by atoms with van der Waals surface area (Å²) in [7, 11) is 0. The van der Waals surface area contributed by atoms with Gasteiger partial charge in [-0.1, -0.05) is 54.1 Å². The van der Waals surface area contributed by atoms with Crippen molar-refractivity contribution in [1.29, 1.82) is 0 Å². The Balaban J connectivity index is 1.25. The topological polar surface area (TPSA) is 162 Å². The fraction of sp³-hybridized carbons (Fsp3) is 0.304. The van der Waals surface area contributed by atoms with E-state index in [4.69, 9.17) is 19.3 Å². The molecule has 3 rings (SSSR count). The Morgan fingerprint density at radius 3 is 2.14 bits per heavy atom. The van der Waals surface area contributed by atoms with Gasteiger partial charge in [0.25, 0.3) is 0 Å². The number of rotatable bonds is 12. The van der Waals surface area contributed by atoms with Gasteiger partial charge in [-0.3, -0.25) is 4.79 Å². The molecule has 0 heterocycles. The zero-order chi connectivity index (χ0) is 25.0. The standard InChI is InChI=1S/C23H25N3O9/c27-20(14-33-12-11-32-10-9-24-21(28)22(29)30)35-26-25-23(31)34-13-19-17-7-3-1-5-15(17)16-6-2-4-8-18(16)19/h1-8,19,26H,9-14H2,(H,24,28)(H,25,31)(H,29,30). The lowest BCUT2D eigenvalue weighted by Gasteiger charge is -2.14. The van der Waals surface area contributed by atoms with Crippen molar-refractivity contribution in [3.8, 4) is 11.1 Å². The minimum Gasteiger partial charge on any atom is -0.474 e. The number of aliphatic carboxylic acids is 1. The minimum atomic E-state index is -1.58. The van der Waals surface area contributed by atoms with Crippen LogP contribution in [0.15, 0.2) is 48.5 Å². The molecule has 4 N–H and O–H groups in total. The van der Waals surface area contributed by atoms with Gasteiger partial charge < -0.3 is 29.5 Å². The van der Waals surface area contributed by atoms with Crippen molar-refractivity contribution < 1.29 is 43.3 Å². The fourth-order valence-electron chi connectivity index (χ4n) is 3.48. The number of ether oxygens (including phenoxy) is 3. The average Bonchev–Trinajstić information content (AvgIpc) is 3.18. The predicted molar refractivity (Wildman–Crippen MR) is 120 cm³/mol. The largest absolute Gasteiger partial charge is 0.474 e. The van der Waals surface area contributed by atoms with E-state index in [1.807, 2.05) is 54.1 Å². The smallest absolute Gasteiger partial charge is 0.424 e. The first-order valence-electron chi connectivity index (χ1n) is 10.7. The van der Waals surface area contributed by atoms with Gasteiger partial charge in [0.1, 0.15) is 13.2 Å². The fourth-order valence-corrected chi connectivity index (χ4v) is 3.48. The van der Waals surface area contributed by atoms with Gasteiger partial charge in [-0.05, 0) is 22.3 Å². The van der Waals surface area contributed by atoms with E-state index in [1.54, 1.807) is 0 Å². The number of nitrogens with one attached hydrogen (secondary N) is 3. The molecule has 1 aliphatic rings. The maximum absolute atomic E-state index is 12.0. The summed E-state index contributed by atoms with van der Waals surface area (Å²) < 4.78 is 15.4. The highest BCUT2D eigenvalue weighted by molar-refractivity contribution is 6.31. The number of carboxylic acids is 1. The van der Waals surface area contributed by atoms with Crippen LogP contribution in [0.4, 0.5) is 4.79 Å². The highest BCUT2D eigenvalue weighted by Crippen LogP contribution is 2.44. The number of fused-ring (bicyclic) bond motifs is 3. The Kier molecular flexibility index (Phi) is 9.54. The van der Waals surface area contributed by atoms with Crippen molar-refractivity contribution >= 4 is 23.9 Å². The summed E-state index contributed by atoms with van der Waals surface area (Å²) in [5.41, 5.74) is 8.50. The van der Waals surface area contributed by atoms with Crippen LogP contribution < -0.4 is 16.3 Å². The number of hydrazine groups is 1. The molecule has 0 saturated heterocycles. The summed E-state index contributed by atoms with van der Waals surface area (Å²) in [5, 5.41) is 10.5. The first-order chi connectivity index (χ1) is 17.0. The molecule has 0 bridgehead atoms. The Labute approximate surface area is 200 Å². The van der Waals surface area contributed by atoms with Crippen molar-refractivity contribution in [2.75, 3.05) is 39.6 Å². The maximum atomic E-state index is 12.0. The van der Waals surface area contributed by atoms with Crippen LogP contribution in [-0.4, -0.2) is 68.6 Å². The zero-order valence-electron chi connectivity index (χ0n) is 18.7. The molecule has 2 aromatic rings. The Hall–Kier alpha value is -4.00. The van der Waals surface area contributed by atoms with E-state index < -0.39 is 30.5 Å². The van der Waals surface area contributed by atoms with Crippen LogP contribution >= 0.6 is 0 Å². The SMILES string of the molecule is O=C(COCCOCCNC(=O)C(=O)O)ONNC(=O)OCC1c2ccccc2-c2ccccc21. The van der Waals surface area contributed by atoms with E-state index >= 15 is 0 Å². The van der Waals surface area contributed by atoms with E-state index in [2.05, 4.69) is 15.6 Å². The van der Waals surface area contributed by atoms with Gasteiger partial charge in [-0.25, -0.2) is 19.8 Å². The molecular weight excluding hydrogens is 462 g/mol. The van der Waals surface area contributed by atoms with E-state index in [0.717, 1.165) is 22.3 Å². The third-order valence-electron chi connectivity index (χ3n) is 4.98. The van der Waals surface area contributed by atoms with E-state index in [1.165, 1.54) is 0 Å². The molecule has 0 saturated carbocycles. The number of carboxylic acid groups (broad SMARTS) is 1. The number of hydrogen-bond acceptors (Lipinski definition) is 9. The van der Waals surface area contributed by atoms with Gasteiger partial charge in [-0.2, -0.15) is 0 Å². The van der Waals surface area contributed by atoms with E-state index in [9.17, 15) is 19.2 Å². The number of amides is 2. The summed E-state index contributed by atoms with van der Waals surface area (Å²) in [6.45, 7) is -0.0163. The Morgan fingerprint density at radius 1 is 0.857 bits per heavy atom. The molecule has 12 nitrogen and oxygen atoms in total. The molecule has 2 amide bonds. The van der Waals surface area contributed by atoms with E-state index in [-0.39, 0.29) is 38.9 Å². The Morgan fingerprint density at radius 2 is 1.49 bits per heavy atom. The minimum absolute atomic E-state index is 0.0264. The lowest BCUT2D eigenvalue weighted by molar-refractivity contribution is -0.159. The highest BCUT2D eigenvalue weighted by atomic mass is 16.7. The maximum Gasteiger partial charge on any atom is 0.424 e. The van der Waals surface area contributed by atoms with Gasteiger partial charge in [0.05, 0.1) is 19.8 Å². The van der Waals surface area contributed by atoms with E-state index in [0.29, 0.717) is 0 Å². The van der Waals surface area contributed by atoms with Crippen LogP contribution in [0.25, 0.3) is 11.1 Å². The molecule has 1 aliphatic carbocycles. The molecule has 2 aromatic carbocycles. The second kappa shape index (κ2) is 13.0. The molecule has 12 heteroatoms. The van der Waals surface area contributed by atoms with Crippen molar-refractivity contribution in [3.63, 3.8) is 0 Å². The summed E-state index contributed by atoms with van der Waals surface area (Å²) >= 11 is 0. The molecule has 0 spiro atoms. The van der Waals surface area contributed by atoms with Gasteiger partial charge in [0, 0.05) is 12.5 Å². The van der Waals surface area contributed by atoms with Gasteiger partial charge in [0.15, 0.2) is 0 Å². The van der Waals surface area contributed by atoms with Crippen LogP contribution in [-0.2, 0) is 33.4 Å². The number of carbonyl (C=O) groups is 4. The molecule has 0 aromatic heterocycles. The quantitative estimate of drug-likeness (QED) is 0.191. The number of benzene rings is 2. The van der Waals surface area contributed by atoms with Crippen LogP contribution in [0.5, 0.6) is 0 Å². The third kappa shape index (κ3) is 7.50. The van der Waals surface area contributed by atoms with Crippen molar-refractivity contribution in [2.45, 2.75) is 5.92 Å². The average molecular weight is 487 g/mol. The van der Waals surface area contributed by atoms with Crippen LogP contribution in [0.1, 0.15) is 17.0 Å². The third-order valence-corrected chi connectivity index (χ3v) is 4.98. The first-order valence-corrected chi connectivity index (χ1v) is 10.7. The lowest BCUT2D eigenvalue weighted by Crippen LogP contribution is -2.40. The molecule has 0 unspecified atom stereocenters. The predicted octanol–water partition coefficient (Wildman–Crippen LogP) is 0.722.